The molecule has 2 amide bonds. The molecule has 4 heteroatoms. The molecule has 0 rings (SSSR count). The van der Waals surface area contributed by atoms with Gasteiger partial charge in [-0.05, 0) is 18.9 Å². The molecule has 0 aliphatic carbocycles. The molecule has 0 saturated heterocycles. The molecule has 0 heterocycles. The van der Waals surface area contributed by atoms with Gasteiger partial charge in [-0.1, -0.05) is 25.8 Å². The summed E-state index contributed by atoms with van der Waals surface area (Å²) in [6, 6.07) is 0. The van der Waals surface area contributed by atoms with Crippen LogP contribution in [0.5, 0.6) is 0 Å². The molecule has 0 aliphatic rings. The van der Waals surface area contributed by atoms with Crippen molar-refractivity contribution in [3.63, 3.8) is 0 Å². The van der Waals surface area contributed by atoms with Crippen molar-refractivity contribution in [2.24, 2.45) is 0 Å². The Labute approximate surface area is 109 Å². The van der Waals surface area contributed by atoms with Crippen LogP contribution in [0.4, 0.5) is 0 Å². The summed E-state index contributed by atoms with van der Waals surface area (Å²) in [5, 5.41) is 5.20. The fraction of sp³-hybridized carbons (Fsp3) is 0.571. The van der Waals surface area contributed by atoms with Crippen LogP contribution in [0.3, 0.4) is 0 Å². The molecule has 0 spiro atoms. The number of nitrogens with one attached hydrogen (secondary N) is 2. The first-order valence-electron chi connectivity index (χ1n) is 6.35. The standard InChI is InChI=1S/C14H22N2O2/c1-3-5-7-8-10-13(17)16-12-14(18)15-11-9-6-4-2/h2,8,10H,3,5-7,9,11-12H2,1H3,(H,15,18)(H,16,17)/b10-8+. The van der Waals surface area contributed by atoms with Crippen LogP contribution in [0.25, 0.3) is 0 Å². The van der Waals surface area contributed by atoms with Crippen LogP contribution >= 0.6 is 0 Å². The Morgan fingerprint density at radius 2 is 2.06 bits per heavy atom. The summed E-state index contributed by atoms with van der Waals surface area (Å²) in [5.41, 5.74) is 0. The first-order chi connectivity index (χ1) is 8.70. The summed E-state index contributed by atoms with van der Waals surface area (Å²) >= 11 is 0. The van der Waals surface area contributed by atoms with Crippen LogP contribution in [-0.4, -0.2) is 24.9 Å². The van der Waals surface area contributed by atoms with Gasteiger partial charge in [0.05, 0.1) is 6.54 Å². The fourth-order valence-electron chi connectivity index (χ4n) is 1.22. The zero-order chi connectivity index (χ0) is 13.6. The Morgan fingerprint density at radius 1 is 1.28 bits per heavy atom. The number of hydrogen-bond acceptors (Lipinski definition) is 2. The van der Waals surface area contributed by atoms with E-state index in [-0.39, 0.29) is 18.4 Å². The van der Waals surface area contributed by atoms with Gasteiger partial charge in [0.15, 0.2) is 0 Å². The summed E-state index contributed by atoms with van der Waals surface area (Å²) in [5.74, 6) is 2.07. The number of terminal acetylenes is 1. The number of carbonyl (C=O) groups is 2. The van der Waals surface area contributed by atoms with E-state index in [9.17, 15) is 9.59 Å². The monoisotopic (exact) mass is 250 g/mol. The molecule has 4 nitrogen and oxygen atoms in total. The van der Waals surface area contributed by atoms with Crippen LogP contribution in [-0.2, 0) is 9.59 Å². The van der Waals surface area contributed by atoms with Crippen molar-refractivity contribution in [3.05, 3.63) is 12.2 Å². The SMILES string of the molecule is C#CCCCNC(=O)CNC(=O)/C=C/CCCC. The van der Waals surface area contributed by atoms with Crippen molar-refractivity contribution >= 4 is 11.8 Å². The van der Waals surface area contributed by atoms with E-state index in [1.807, 2.05) is 6.08 Å². The van der Waals surface area contributed by atoms with E-state index in [1.165, 1.54) is 6.08 Å². The lowest BCUT2D eigenvalue weighted by Gasteiger charge is -2.04. The van der Waals surface area contributed by atoms with E-state index >= 15 is 0 Å². The van der Waals surface area contributed by atoms with Crippen molar-refractivity contribution in [2.45, 2.75) is 39.0 Å². The molecule has 2 N–H and O–H groups in total. The summed E-state index contributed by atoms with van der Waals surface area (Å²) in [6.07, 6.45) is 12.8. The Balaban J connectivity index is 3.56. The van der Waals surface area contributed by atoms with Gasteiger partial charge in [0, 0.05) is 13.0 Å². The second-order valence-electron chi connectivity index (χ2n) is 3.92. The molecule has 0 atom stereocenters. The van der Waals surface area contributed by atoms with Gasteiger partial charge in [-0.15, -0.1) is 12.3 Å². The minimum atomic E-state index is -0.232. The smallest absolute Gasteiger partial charge is 0.244 e. The van der Waals surface area contributed by atoms with Crippen molar-refractivity contribution in [2.75, 3.05) is 13.1 Å². The largest absolute Gasteiger partial charge is 0.355 e. The Hall–Kier alpha value is -1.76. The highest BCUT2D eigenvalue weighted by molar-refractivity contribution is 5.91. The zero-order valence-corrected chi connectivity index (χ0v) is 11.0. The number of allylic oxidation sites excluding steroid dienone is 1. The van der Waals surface area contributed by atoms with E-state index in [4.69, 9.17) is 6.42 Å². The van der Waals surface area contributed by atoms with Crippen LogP contribution in [0.1, 0.15) is 39.0 Å². The molecule has 0 radical (unpaired) electrons. The van der Waals surface area contributed by atoms with Crippen molar-refractivity contribution < 1.29 is 9.59 Å². The third-order valence-electron chi connectivity index (χ3n) is 2.24. The third kappa shape index (κ3) is 10.7. The fourth-order valence-corrected chi connectivity index (χ4v) is 1.22. The molecule has 0 aromatic carbocycles. The highest BCUT2D eigenvalue weighted by Gasteiger charge is 2.01. The first kappa shape index (κ1) is 16.2. The number of carbonyl (C=O) groups excluding carboxylic acids is 2. The van der Waals surface area contributed by atoms with Gasteiger partial charge in [-0.25, -0.2) is 0 Å². The summed E-state index contributed by atoms with van der Waals surface area (Å²) in [6.45, 7) is 2.65. The van der Waals surface area contributed by atoms with E-state index in [1.54, 1.807) is 0 Å². The number of rotatable bonds is 9. The third-order valence-corrected chi connectivity index (χ3v) is 2.24. The summed E-state index contributed by atoms with van der Waals surface area (Å²) in [7, 11) is 0. The molecule has 0 aliphatic heterocycles. The lowest BCUT2D eigenvalue weighted by Crippen LogP contribution is -2.36. The minimum absolute atomic E-state index is 0.00695. The second-order valence-corrected chi connectivity index (χ2v) is 3.92. The maximum Gasteiger partial charge on any atom is 0.244 e. The lowest BCUT2D eigenvalue weighted by atomic mass is 10.2. The van der Waals surface area contributed by atoms with Crippen molar-refractivity contribution in [3.8, 4) is 12.3 Å². The molecule has 0 aromatic rings. The lowest BCUT2D eigenvalue weighted by molar-refractivity contribution is -0.123. The highest BCUT2D eigenvalue weighted by Crippen LogP contribution is 1.94. The van der Waals surface area contributed by atoms with Gasteiger partial charge in [0.25, 0.3) is 0 Å². The van der Waals surface area contributed by atoms with Crippen LogP contribution in [0.15, 0.2) is 12.2 Å². The zero-order valence-electron chi connectivity index (χ0n) is 11.0. The minimum Gasteiger partial charge on any atom is -0.355 e. The molecule has 18 heavy (non-hydrogen) atoms. The van der Waals surface area contributed by atoms with Crippen molar-refractivity contribution in [1.82, 2.24) is 10.6 Å². The molecule has 0 fully saturated rings. The number of hydrogen-bond donors (Lipinski definition) is 2. The predicted octanol–water partition coefficient (Wildman–Crippen LogP) is 1.38. The summed E-state index contributed by atoms with van der Waals surface area (Å²) < 4.78 is 0. The molecular weight excluding hydrogens is 228 g/mol. The van der Waals surface area contributed by atoms with E-state index in [0.29, 0.717) is 13.0 Å². The van der Waals surface area contributed by atoms with Gasteiger partial charge >= 0.3 is 0 Å². The molecule has 0 bridgehead atoms. The average Bonchev–Trinajstić information content (AvgIpc) is 2.37. The van der Waals surface area contributed by atoms with Gasteiger partial charge in [0.1, 0.15) is 0 Å². The quantitative estimate of drug-likeness (QED) is 0.369. The maximum absolute atomic E-state index is 11.3. The van der Waals surface area contributed by atoms with E-state index in [0.717, 1.165) is 25.7 Å². The topological polar surface area (TPSA) is 58.2 Å². The van der Waals surface area contributed by atoms with Gasteiger partial charge in [-0.3, -0.25) is 9.59 Å². The second kappa shape index (κ2) is 11.7. The average molecular weight is 250 g/mol. The predicted molar refractivity (Wildman–Crippen MR) is 72.8 cm³/mol. The van der Waals surface area contributed by atoms with E-state index in [2.05, 4.69) is 23.5 Å². The molecule has 0 unspecified atom stereocenters. The first-order valence-corrected chi connectivity index (χ1v) is 6.35. The highest BCUT2D eigenvalue weighted by atomic mass is 16.2. The van der Waals surface area contributed by atoms with Crippen LogP contribution in [0.2, 0.25) is 0 Å². The van der Waals surface area contributed by atoms with Gasteiger partial charge < -0.3 is 10.6 Å². The van der Waals surface area contributed by atoms with Crippen LogP contribution in [0, 0.1) is 12.3 Å². The number of unbranched alkanes of at least 4 members (excludes halogenated alkanes) is 3. The van der Waals surface area contributed by atoms with Gasteiger partial charge in [-0.2, -0.15) is 0 Å². The molecular formula is C14H22N2O2. The normalized spacial score (nSPS) is 10.0. The maximum atomic E-state index is 11.3. The Morgan fingerprint density at radius 3 is 2.72 bits per heavy atom. The molecule has 0 saturated carbocycles. The number of amides is 2. The van der Waals surface area contributed by atoms with Crippen molar-refractivity contribution in [1.29, 1.82) is 0 Å². The summed E-state index contributed by atoms with van der Waals surface area (Å²) in [4.78, 5) is 22.6. The molecule has 0 aromatic heterocycles. The Kier molecular flexibility index (Phi) is 10.6. The van der Waals surface area contributed by atoms with Gasteiger partial charge in [0.2, 0.25) is 11.8 Å². The van der Waals surface area contributed by atoms with Crippen LogP contribution < -0.4 is 10.6 Å². The Bertz CT molecular complexity index is 316. The molecule has 100 valence electrons. The van der Waals surface area contributed by atoms with E-state index < -0.39 is 0 Å².